The zero-order valence-electron chi connectivity index (χ0n) is 18.3. The van der Waals surface area contributed by atoms with E-state index in [-0.39, 0.29) is 5.91 Å². The molecular weight excluding hydrogens is 442 g/mol. The van der Waals surface area contributed by atoms with Gasteiger partial charge in [-0.3, -0.25) is 10.1 Å². The summed E-state index contributed by atoms with van der Waals surface area (Å²) in [7, 11) is 0. The first kappa shape index (κ1) is 20.3. The van der Waals surface area contributed by atoms with E-state index in [0.717, 1.165) is 27.5 Å². The molecule has 1 amide bonds. The predicted octanol–water partition coefficient (Wildman–Crippen LogP) is 6.26. The Bertz CT molecular complexity index is 1680. The molecule has 1 N–H and O–H groups in total. The van der Waals surface area contributed by atoms with E-state index in [4.69, 9.17) is 0 Å². The molecule has 0 saturated carbocycles. The van der Waals surface area contributed by atoms with Crippen molar-refractivity contribution in [1.29, 1.82) is 0 Å². The number of rotatable bonds is 4. The van der Waals surface area contributed by atoms with Crippen LogP contribution in [0.2, 0.25) is 0 Å². The van der Waals surface area contributed by atoms with Crippen molar-refractivity contribution in [3.8, 4) is 17.1 Å². The van der Waals surface area contributed by atoms with Gasteiger partial charge in [0.25, 0.3) is 5.91 Å². The molecular formula is C27H19N5OS. The molecule has 6 rings (SSSR count). The zero-order valence-corrected chi connectivity index (χ0v) is 19.1. The average molecular weight is 462 g/mol. The third kappa shape index (κ3) is 3.62. The number of pyridine rings is 1. The number of carbonyl (C=O) groups excluding carboxylic acids is 1. The number of anilines is 1. The number of amides is 1. The Morgan fingerprint density at radius 2 is 1.65 bits per heavy atom. The summed E-state index contributed by atoms with van der Waals surface area (Å²) in [5, 5.41) is 13.2. The number of aromatic nitrogens is 4. The lowest BCUT2D eigenvalue weighted by atomic mass is 10.1. The molecule has 0 unspecified atom stereocenters. The largest absolute Gasteiger partial charge is 0.298 e. The van der Waals surface area contributed by atoms with Crippen molar-refractivity contribution in [2.45, 2.75) is 6.92 Å². The van der Waals surface area contributed by atoms with Crippen molar-refractivity contribution in [1.82, 2.24) is 19.7 Å². The van der Waals surface area contributed by atoms with Gasteiger partial charge in [-0.2, -0.15) is 5.10 Å². The number of para-hydroxylation sites is 1. The number of hydrogen-bond donors (Lipinski definition) is 1. The highest BCUT2D eigenvalue weighted by molar-refractivity contribution is 7.14. The Hall–Kier alpha value is -4.36. The van der Waals surface area contributed by atoms with Gasteiger partial charge in [-0.1, -0.05) is 54.6 Å². The second-order valence-electron chi connectivity index (χ2n) is 7.97. The average Bonchev–Trinajstić information content (AvgIpc) is 3.50. The molecule has 0 spiro atoms. The van der Waals surface area contributed by atoms with Crippen LogP contribution in [0.5, 0.6) is 0 Å². The van der Waals surface area contributed by atoms with E-state index in [1.165, 1.54) is 16.7 Å². The Kier molecular flexibility index (Phi) is 4.89. The van der Waals surface area contributed by atoms with E-state index in [2.05, 4.69) is 44.6 Å². The van der Waals surface area contributed by atoms with Crippen LogP contribution < -0.4 is 5.32 Å². The molecule has 0 saturated heterocycles. The Balaban J connectivity index is 1.24. The van der Waals surface area contributed by atoms with Gasteiger partial charge in [0, 0.05) is 16.3 Å². The fourth-order valence-corrected chi connectivity index (χ4v) is 4.73. The SMILES string of the molecule is Cc1c(C(=O)Nc2nc(-c3ccc4ccccc4c3)cs2)cnn1-c1ccc2ccccc2n1. The number of nitrogens with zero attached hydrogens (tertiary/aromatic N) is 4. The highest BCUT2D eigenvalue weighted by atomic mass is 32.1. The van der Waals surface area contributed by atoms with Gasteiger partial charge in [-0.25, -0.2) is 14.6 Å². The first-order chi connectivity index (χ1) is 16.7. The smallest absolute Gasteiger partial charge is 0.260 e. The topological polar surface area (TPSA) is 72.7 Å². The minimum Gasteiger partial charge on any atom is -0.298 e. The number of nitrogens with one attached hydrogen (secondary N) is 1. The third-order valence-electron chi connectivity index (χ3n) is 5.83. The molecule has 0 aliphatic carbocycles. The summed E-state index contributed by atoms with van der Waals surface area (Å²) < 4.78 is 1.68. The summed E-state index contributed by atoms with van der Waals surface area (Å²) in [6, 6.07) is 26.3. The van der Waals surface area contributed by atoms with Crippen LogP contribution in [0.1, 0.15) is 16.1 Å². The van der Waals surface area contributed by atoms with Gasteiger partial charge in [-0.15, -0.1) is 11.3 Å². The fraction of sp³-hybridized carbons (Fsp3) is 0.0370. The van der Waals surface area contributed by atoms with Crippen molar-refractivity contribution in [2.75, 3.05) is 5.32 Å². The molecule has 0 bridgehead atoms. The van der Waals surface area contributed by atoms with E-state index in [9.17, 15) is 4.79 Å². The molecule has 0 aliphatic rings. The zero-order chi connectivity index (χ0) is 23.1. The van der Waals surface area contributed by atoms with Gasteiger partial charge >= 0.3 is 0 Å². The van der Waals surface area contributed by atoms with Crippen LogP contribution in [0.15, 0.2) is 90.4 Å². The summed E-state index contributed by atoms with van der Waals surface area (Å²) in [6.07, 6.45) is 1.57. The predicted molar refractivity (Wildman–Crippen MR) is 137 cm³/mol. The molecule has 6 aromatic rings. The number of carbonyl (C=O) groups is 1. The van der Waals surface area contributed by atoms with Crippen molar-refractivity contribution in [3.05, 3.63) is 102 Å². The summed E-state index contributed by atoms with van der Waals surface area (Å²) in [6.45, 7) is 1.86. The van der Waals surface area contributed by atoms with E-state index in [1.807, 2.05) is 66.9 Å². The lowest BCUT2D eigenvalue weighted by Gasteiger charge is -2.06. The van der Waals surface area contributed by atoms with E-state index in [1.54, 1.807) is 10.9 Å². The Morgan fingerprint density at radius 1 is 0.882 bits per heavy atom. The standard InChI is InChI=1S/C27H19N5OS/c1-17-22(15-28-32(17)25-13-12-19-7-4-5-9-23(19)29-25)26(33)31-27-30-24(16-34-27)21-11-10-18-6-2-3-8-20(18)14-21/h2-16H,1H3,(H,30,31,33). The van der Waals surface area contributed by atoms with Gasteiger partial charge in [-0.05, 0) is 42.0 Å². The van der Waals surface area contributed by atoms with Gasteiger partial charge < -0.3 is 0 Å². The highest BCUT2D eigenvalue weighted by Crippen LogP contribution is 2.28. The van der Waals surface area contributed by atoms with Crippen molar-refractivity contribution >= 4 is 44.1 Å². The molecule has 0 fully saturated rings. The first-order valence-electron chi connectivity index (χ1n) is 10.8. The second kappa shape index (κ2) is 8.20. The van der Waals surface area contributed by atoms with Crippen molar-refractivity contribution < 1.29 is 4.79 Å². The normalized spacial score (nSPS) is 11.2. The molecule has 0 radical (unpaired) electrons. The Labute approximate surface area is 199 Å². The van der Waals surface area contributed by atoms with Crippen molar-refractivity contribution in [2.24, 2.45) is 0 Å². The van der Waals surface area contributed by atoms with Gasteiger partial charge in [0.2, 0.25) is 0 Å². The minimum absolute atomic E-state index is 0.246. The quantitative estimate of drug-likeness (QED) is 0.336. The molecule has 0 atom stereocenters. The third-order valence-corrected chi connectivity index (χ3v) is 6.58. The van der Waals surface area contributed by atoms with E-state index in [0.29, 0.717) is 22.2 Å². The van der Waals surface area contributed by atoms with Crippen LogP contribution in [-0.2, 0) is 0 Å². The summed E-state index contributed by atoms with van der Waals surface area (Å²) in [4.78, 5) is 22.3. The molecule has 6 nitrogen and oxygen atoms in total. The molecule has 0 aliphatic heterocycles. The summed E-state index contributed by atoms with van der Waals surface area (Å²) >= 11 is 1.40. The van der Waals surface area contributed by atoms with Crippen LogP contribution in [0.3, 0.4) is 0 Å². The second-order valence-corrected chi connectivity index (χ2v) is 8.83. The maximum atomic E-state index is 13.0. The molecule has 3 heterocycles. The molecule has 34 heavy (non-hydrogen) atoms. The molecule has 3 aromatic heterocycles. The number of thiazole rings is 1. The summed E-state index contributed by atoms with van der Waals surface area (Å²) in [5.41, 5.74) is 3.93. The van der Waals surface area contributed by atoms with Crippen LogP contribution in [-0.4, -0.2) is 25.7 Å². The molecule has 164 valence electrons. The van der Waals surface area contributed by atoms with E-state index < -0.39 is 0 Å². The maximum absolute atomic E-state index is 13.0. The van der Waals surface area contributed by atoms with Gasteiger partial charge in [0.15, 0.2) is 10.9 Å². The number of fused-ring (bicyclic) bond motifs is 2. The van der Waals surface area contributed by atoms with Crippen LogP contribution in [0, 0.1) is 6.92 Å². The van der Waals surface area contributed by atoms with Crippen molar-refractivity contribution in [3.63, 3.8) is 0 Å². The lowest BCUT2D eigenvalue weighted by Crippen LogP contribution is -2.13. The molecule has 3 aromatic carbocycles. The maximum Gasteiger partial charge on any atom is 0.260 e. The van der Waals surface area contributed by atoms with Gasteiger partial charge in [0.05, 0.1) is 28.7 Å². The highest BCUT2D eigenvalue weighted by Gasteiger charge is 2.17. The lowest BCUT2D eigenvalue weighted by molar-refractivity contribution is 0.102. The molecule has 7 heteroatoms. The monoisotopic (exact) mass is 461 g/mol. The first-order valence-corrected chi connectivity index (χ1v) is 11.7. The number of benzene rings is 3. The van der Waals surface area contributed by atoms with Gasteiger partial charge in [0.1, 0.15) is 0 Å². The minimum atomic E-state index is -0.246. The van der Waals surface area contributed by atoms with Crippen LogP contribution in [0.4, 0.5) is 5.13 Å². The van der Waals surface area contributed by atoms with E-state index >= 15 is 0 Å². The van der Waals surface area contributed by atoms with Crippen LogP contribution >= 0.6 is 11.3 Å². The van der Waals surface area contributed by atoms with Crippen LogP contribution in [0.25, 0.3) is 38.8 Å². The Morgan fingerprint density at radius 3 is 2.53 bits per heavy atom. The number of hydrogen-bond acceptors (Lipinski definition) is 5. The fourth-order valence-electron chi connectivity index (χ4n) is 4.01. The summed E-state index contributed by atoms with van der Waals surface area (Å²) in [5.74, 6) is 0.423.